The molecular formula is C15H8Cl2N2O2. The van der Waals surface area contributed by atoms with Crippen molar-refractivity contribution in [1.82, 2.24) is 5.01 Å². The molecule has 0 radical (unpaired) electrons. The second-order valence-electron chi connectivity index (χ2n) is 4.35. The van der Waals surface area contributed by atoms with E-state index in [-0.39, 0.29) is 0 Å². The molecule has 0 N–H and O–H groups in total. The molecule has 1 heterocycles. The van der Waals surface area contributed by atoms with Crippen LogP contribution < -0.4 is 0 Å². The number of benzene rings is 2. The van der Waals surface area contributed by atoms with Crippen LogP contribution in [0.5, 0.6) is 0 Å². The van der Waals surface area contributed by atoms with Gasteiger partial charge in [0.1, 0.15) is 0 Å². The van der Waals surface area contributed by atoms with Gasteiger partial charge in [-0.2, -0.15) is 10.1 Å². The number of halogens is 2. The van der Waals surface area contributed by atoms with Crippen LogP contribution >= 0.6 is 23.2 Å². The molecule has 2 aromatic carbocycles. The highest BCUT2D eigenvalue weighted by atomic mass is 35.5. The molecular weight excluding hydrogens is 311 g/mol. The highest BCUT2D eigenvalue weighted by Crippen LogP contribution is 2.25. The maximum Gasteiger partial charge on any atom is 0.282 e. The van der Waals surface area contributed by atoms with Gasteiger partial charge in [0.15, 0.2) is 0 Å². The quantitative estimate of drug-likeness (QED) is 0.627. The summed E-state index contributed by atoms with van der Waals surface area (Å²) in [6.07, 6.45) is 1.31. The molecule has 0 aliphatic carbocycles. The topological polar surface area (TPSA) is 49.7 Å². The van der Waals surface area contributed by atoms with Gasteiger partial charge in [0.05, 0.1) is 27.4 Å². The Hall–Kier alpha value is -2.17. The Labute approximate surface area is 130 Å². The van der Waals surface area contributed by atoms with E-state index in [1.807, 2.05) is 0 Å². The largest absolute Gasteiger partial charge is 0.282 e. The van der Waals surface area contributed by atoms with Crippen LogP contribution in [0.15, 0.2) is 47.6 Å². The molecule has 0 bridgehead atoms. The molecule has 104 valence electrons. The standard InChI is InChI=1S/C15H8Cl2N2O2/c16-12-6-3-7-13(17)11(12)8-18-19-14(20)9-4-1-2-5-10(9)15(19)21/h1-8H/b18-8+. The van der Waals surface area contributed by atoms with Crippen LogP contribution in [0.1, 0.15) is 26.3 Å². The normalized spacial score (nSPS) is 14.1. The van der Waals surface area contributed by atoms with Gasteiger partial charge in [0.25, 0.3) is 11.8 Å². The van der Waals surface area contributed by atoms with Gasteiger partial charge in [-0.1, -0.05) is 41.4 Å². The minimum absolute atomic E-state index is 0.338. The van der Waals surface area contributed by atoms with Crippen molar-refractivity contribution in [1.29, 1.82) is 0 Å². The molecule has 4 nitrogen and oxygen atoms in total. The van der Waals surface area contributed by atoms with Gasteiger partial charge < -0.3 is 0 Å². The lowest BCUT2D eigenvalue weighted by Gasteiger charge is -2.06. The van der Waals surface area contributed by atoms with Gasteiger partial charge >= 0.3 is 0 Å². The van der Waals surface area contributed by atoms with Crippen molar-refractivity contribution in [3.8, 4) is 0 Å². The fraction of sp³-hybridized carbons (Fsp3) is 0. The number of nitrogens with zero attached hydrogens (tertiary/aromatic N) is 2. The maximum absolute atomic E-state index is 12.1. The van der Waals surface area contributed by atoms with E-state index in [4.69, 9.17) is 23.2 Å². The molecule has 2 amide bonds. The Morgan fingerprint density at radius 1 is 0.857 bits per heavy atom. The first-order valence-electron chi connectivity index (χ1n) is 6.05. The van der Waals surface area contributed by atoms with Crippen molar-refractivity contribution in [2.24, 2.45) is 5.10 Å². The van der Waals surface area contributed by atoms with Gasteiger partial charge in [-0.05, 0) is 24.3 Å². The molecule has 1 aliphatic heterocycles. The van der Waals surface area contributed by atoms with Gasteiger partial charge in [-0.25, -0.2) is 0 Å². The van der Waals surface area contributed by atoms with Gasteiger partial charge in [-0.3, -0.25) is 9.59 Å². The summed E-state index contributed by atoms with van der Waals surface area (Å²) in [6.45, 7) is 0. The summed E-state index contributed by atoms with van der Waals surface area (Å²) in [5.41, 5.74) is 1.13. The second-order valence-corrected chi connectivity index (χ2v) is 5.16. The summed E-state index contributed by atoms with van der Waals surface area (Å²) in [4.78, 5) is 24.2. The molecule has 21 heavy (non-hydrogen) atoms. The zero-order valence-corrected chi connectivity index (χ0v) is 12.1. The molecule has 0 unspecified atom stereocenters. The summed E-state index contributed by atoms with van der Waals surface area (Å²) in [7, 11) is 0. The number of hydrogen-bond donors (Lipinski definition) is 0. The van der Waals surface area contributed by atoms with E-state index in [0.29, 0.717) is 26.7 Å². The van der Waals surface area contributed by atoms with Crippen LogP contribution in [0, 0.1) is 0 Å². The van der Waals surface area contributed by atoms with Gasteiger partial charge in [0, 0.05) is 5.56 Å². The summed E-state index contributed by atoms with van der Waals surface area (Å²) in [5.74, 6) is -0.926. The Bertz CT molecular complexity index is 732. The molecule has 3 rings (SSSR count). The third-order valence-electron chi connectivity index (χ3n) is 3.07. The van der Waals surface area contributed by atoms with E-state index in [0.717, 1.165) is 5.01 Å². The lowest BCUT2D eigenvalue weighted by atomic mass is 10.1. The van der Waals surface area contributed by atoms with E-state index >= 15 is 0 Å². The lowest BCUT2D eigenvalue weighted by Crippen LogP contribution is -2.24. The monoisotopic (exact) mass is 318 g/mol. The van der Waals surface area contributed by atoms with Crippen molar-refractivity contribution < 1.29 is 9.59 Å². The summed E-state index contributed by atoms with van der Waals surface area (Å²) >= 11 is 12.0. The van der Waals surface area contributed by atoms with Crippen molar-refractivity contribution >= 4 is 41.2 Å². The fourth-order valence-corrected chi connectivity index (χ4v) is 2.53. The van der Waals surface area contributed by atoms with E-state index < -0.39 is 11.8 Å². The van der Waals surface area contributed by atoms with Crippen molar-refractivity contribution in [2.45, 2.75) is 0 Å². The van der Waals surface area contributed by atoms with E-state index in [2.05, 4.69) is 5.10 Å². The molecule has 0 atom stereocenters. The SMILES string of the molecule is O=C1c2ccccc2C(=O)N1/N=C/c1c(Cl)cccc1Cl. The van der Waals surface area contributed by atoms with Crippen LogP contribution in [0.3, 0.4) is 0 Å². The average Bonchev–Trinajstić information content (AvgIpc) is 2.72. The number of hydrogen-bond acceptors (Lipinski definition) is 3. The first-order valence-corrected chi connectivity index (χ1v) is 6.81. The number of carbonyl (C=O) groups excluding carboxylic acids is 2. The summed E-state index contributed by atoms with van der Waals surface area (Å²) in [6, 6.07) is 11.6. The Morgan fingerprint density at radius 2 is 1.38 bits per heavy atom. The molecule has 0 saturated carbocycles. The minimum atomic E-state index is -0.463. The zero-order valence-electron chi connectivity index (χ0n) is 10.6. The lowest BCUT2D eigenvalue weighted by molar-refractivity contribution is 0.0660. The third kappa shape index (κ3) is 2.33. The molecule has 0 aromatic heterocycles. The van der Waals surface area contributed by atoms with Crippen LogP contribution in [-0.2, 0) is 0 Å². The van der Waals surface area contributed by atoms with Crippen LogP contribution in [-0.4, -0.2) is 23.0 Å². The minimum Gasteiger partial charge on any atom is -0.267 e. The van der Waals surface area contributed by atoms with Crippen LogP contribution in [0.2, 0.25) is 10.0 Å². The Kier molecular flexibility index (Phi) is 3.49. The van der Waals surface area contributed by atoms with Crippen molar-refractivity contribution in [2.75, 3.05) is 0 Å². The molecule has 0 saturated heterocycles. The maximum atomic E-state index is 12.1. The number of imide groups is 1. The molecule has 2 aromatic rings. The molecule has 1 aliphatic rings. The first kappa shape index (κ1) is 13.8. The molecule has 6 heteroatoms. The van der Waals surface area contributed by atoms with Crippen molar-refractivity contribution in [3.05, 3.63) is 69.2 Å². The number of hydrazone groups is 1. The first-order chi connectivity index (χ1) is 10.1. The average molecular weight is 319 g/mol. The van der Waals surface area contributed by atoms with E-state index in [9.17, 15) is 9.59 Å². The predicted octanol–water partition coefficient (Wildman–Crippen LogP) is 3.62. The summed E-state index contributed by atoms with van der Waals surface area (Å²) < 4.78 is 0. The van der Waals surface area contributed by atoms with Crippen LogP contribution in [0.4, 0.5) is 0 Å². The highest BCUT2D eigenvalue weighted by molar-refractivity contribution is 6.38. The number of fused-ring (bicyclic) bond motifs is 1. The van der Waals surface area contributed by atoms with Crippen molar-refractivity contribution in [3.63, 3.8) is 0 Å². The number of carbonyl (C=O) groups is 2. The highest BCUT2D eigenvalue weighted by Gasteiger charge is 2.35. The summed E-state index contributed by atoms with van der Waals surface area (Å²) in [5, 5.41) is 5.53. The Morgan fingerprint density at radius 3 is 1.90 bits per heavy atom. The van der Waals surface area contributed by atoms with Gasteiger partial charge in [-0.15, -0.1) is 0 Å². The van der Waals surface area contributed by atoms with Crippen LogP contribution in [0.25, 0.3) is 0 Å². The predicted molar refractivity (Wildman–Crippen MR) is 81.0 cm³/mol. The Balaban J connectivity index is 1.96. The fourth-order valence-electron chi connectivity index (χ4n) is 2.03. The third-order valence-corrected chi connectivity index (χ3v) is 3.73. The molecule has 0 fully saturated rings. The second kappa shape index (κ2) is 5.31. The molecule has 0 spiro atoms. The smallest absolute Gasteiger partial charge is 0.267 e. The number of rotatable bonds is 2. The zero-order chi connectivity index (χ0) is 15.0. The van der Waals surface area contributed by atoms with E-state index in [1.165, 1.54) is 6.21 Å². The van der Waals surface area contributed by atoms with Gasteiger partial charge in [0.2, 0.25) is 0 Å². The van der Waals surface area contributed by atoms with E-state index in [1.54, 1.807) is 42.5 Å². The number of amides is 2.